The second-order valence-electron chi connectivity index (χ2n) is 7.92. The smallest absolute Gasteiger partial charge is 0.0353 e. The van der Waals surface area contributed by atoms with Gasteiger partial charge in [0.15, 0.2) is 0 Å². The minimum atomic E-state index is 0.896. The molecule has 0 N–H and O–H groups in total. The van der Waals surface area contributed by atoms with Crippen molar-refractivity contribution in [3.8, 4) is 0 Å². The van der Waals surface area contributed by atoms with E-state index < -0.39 is 0 Å². The molecule has 0 aromatic heterocycles. The molecule has 0 aromatic carbocycles. The molecule has 0 heterocycles. The second kappa shape index (κ2) is 19.8. The first kappa shape index (κ1) is 22.7. The molecule has 0 aromatic rings. The Morgan fingerprint density at radius 2 is 0.826 bits per heavy atom. The predicted octanol–water partition coefficient (Wildman–Crippen LogP) is 8.85. The molecule has 0 heteroatoms. The lowest BCUT2D eigenvalue weighted by molar-refractivity contribution is 0.501. The number of hydrogen-bond acceptors (Lipinski definition) is 0. The molecule has 0 aliphatic heterocycles. The van der Waals surface area contributed by atoms with E-state index in [9.17, 15) is 0 Å². The molecule has 138 valence electrons. The average molecular weight is 323 g/mol. The summed E-state index contributed by atoms with van der Waals surface area (Å²) in [6, 6.07) is 0. The van der Waals surface area contributed by atoms with Crippen LogP contribution >= 0.6 is 0 Å². The van der Waals surface area contributed by atoms with Crippen LogP contribution in [0.1, 0.15) is 129 Å². The number of allylic oxidation sites excluding steroid dienone is 1. The maximum atomic E-state index is 3.78. The van der Waals surface area contributed by atoms with Crippen LogP contribution in [0.5, 0.6) is 0 Å². The van der Waals surface area contributed by atoms with E-state index >= 15 is 0 Å². The van der Waals surface area contributed by atoms with Crippen LogP contribution in [0.25, 0.3) is 0 Å². The highest BCUT2D eigenvalue weighted by molar-refractivity contribution is 4.65. The van der Waals surface area contributed by atoms with Gasteiger partial charge in [-0.3, -0.25) is 0 Å². The molecule has 0 aliphatic rings. The van der Waals surface area contributed by atoms with E-state index in [0.717, 1.165) is 5.92 Å². The van der Waals surface area contributed by atoms with Crippen molar-refractivity contribution in [3.05, 3.63) is 12.7 Å². The molecule has 0 saturated carbocycles. The lowest BCUT2D eigenvalue weighted by atomic mass is 10.0. The highest BCUT2D eigenvalue weighted by Gasteiger charge is 1.96. The maximum absolute atomic E-state index is 3.78. The van der Waals surface area contributed by atoms with E-state index in [2.05, 4.69) is 20.4 Å². The first-order valence-corrected chi connectivity index (χ1v) is 10.9. The first-order valence-electron chi connectivity index (χ1n) is 10.9. The van der Waals surface area contributed by atoms with Crippen LogP contribution in [0.4, 0.5) is 0 Å². The first-order chi connectivity index (χ1) is 11.3. The fourth-order valence-corrected chi connectivity index (χ4v) is 3.32. The molecule has 0 amide bonds. The Labute approximate surface area is 148 Å². The van der Waals surface area contributed by atoms with E-state index in [1.165, 1.54) is 116 Å². The highest BCUT2D eigenvalue weighted by Crippen LogP contribution is 2.15. The highest BCUT2D eigenvalue weighted by atomic mass is 14.0. The van der Waals surface area contributed by atoms with Crippen LogP contribution in [0.2, 0.25) is 0 Å². The second-order valence-corrected chi connectivity index (χ2v) is 7.92. The zero-order valence-corrected chi connectivity index (χ0v) is 16.6. The van der Waals surface area contributed by atoms with Crippen molar-refractivity contribution in [3.63, 3.8) is 0 Å². The lowest BCUT2D eigenvalue weighted by Crippen LogP contribution is -1.87. The summed E-state index contributed by atoms with van der Waals surface area (Å²) in [5, 5.41) is 0. The molecule has 0 radical (unpaired) electrons. The van der Waals surface area contributed by atoms with E-state index in [-0.39, 0.29) is 0 Å². The average Bonchev–Trinajstić information content (AvgIpc) is 2.53. The van der Waals surface area contributed by atoms with Gasteiger partial charge in [-0.15, -0.1) is 6.58 Å². The van der Waals surface area contributed by atoms with Crippen LogP contribution in [0, 0.1) is 5.92 Å². The van der Waals surface area contributed by atoms with Gasteiger partial charge >= 0.3 is 0 Å². The number of rotatable bonds is 19. The standard InChI is InChI=1S/C23H46/c1-4-5-6-7-8-9-10-11-12-13-14-15-16-17-18-19-20-21-22-23(2)3/h4,23H,1,5-22H2,2-3H3. The summed E-state index contributed by atoms with van der Waals surface area (Å²) >= 11 is 0. The molecule has 0 bridgehead atoms. The van der Waals surface area contributed by atoms with Crippen LogP contribution in [-0.2, 0) is 0 Å². The Kier molecular flexibility index (Phi) is 19.6. The summed E-state index contributed by atoms with van der Waals surface area (Å²) in [5.74, 6) is 0.896. The molecule has 0 saturated heterocycles. The summed E-state index contributed by atoms with van der Waals surface area (Å²) < 4.78 is 0. The Bertz CT molecular complexity index is 216. The van der Waals surface area contributed by atoms with Crippen LogP contribution < -0.4 is 0 Å². The van der Waals surface area contributed by atoms with Gasteiger partial charge in [-0.1, -0.05) is 123 Å². The predicted molar refractivity (Wildman–Crippen MR) is 108 cm³/mol. The lowest BCUT2D eigenvalue weighted by Gasteiger charge is -2.05. The van der Waals surface area contributed by atoms with E-state index in [0.29, 0.717) is 0 Å². The molecule has 0 rings (SSSR count). The van der Waals surface area contributed by atoms with Crippen molar-refractivity contribution in [2.75, 3.05) is 0 Å². The molecule has 0 aliphatic carbocycles. The normalized spacial score (nSPS) is 11.3. The zero-order valence-electron chi connectivity index (χ0n) is 16.6. The van der Waals surface area contributed by atoms with Crippen LogP contribution in [0.3, 0.4) is 0 Å². The maximum Gasteiger partial charge on any atom is -0.0353 e. The SMILES string of the molecule is C=CCCCCCCCCCCCCCCCCCCC(C)C. The topological polar surface area (TPSA) is 0 Å². The van der Waals surface area contributed by atoms with Gasteiger partial charge in [0.2, 0.25) is 0 Å². The van der Waals surface area contributed by atoms with Gasteiger partial charge < -0.3 is 0 Å². The summed E-state index contributed by atoms with van der Waals surface area (Å²) in [4.78, 5) is 0. The monoisotopic (exact) mass is 322 g/mol. The summed E-state index contributed by atoms with van der Waals surface area (Å²) in [6.07, 6.45) is 28.0. The summed E-state index contributed by atoms with van der Waals surface area (Å²) in [6.45, 7) is 8.45. The van der Waals surface area contributed by atoms with Gasteiger partial charge in [0.25, 0.3) is 0 Å². The molecule has 0 nitrogen and oxygen atoms in total. The Morgan fingerprint density at radius 1 is 0.522 bits per heavy atom. The molecule has 0 atom stereocenters. The molecule has 0 unspecified atom stereocenters. The van der Waals surface area contributed by atoms with Gasteiger partial charge in [0.1, 0.15) is 0 Å². The molecular weight excluding hydrogens is 276 g/mol. The van der Waals surface area contributed by atoms with Crippen molar-refractivity contribution in [2.45, 2.75) is 129 Å². The molecule has 0 fully saturated rings. The summed E-state index contributed by atoms with van der Waals surface area (Å²) in [7, 11) is 0. The van der Waals surface area contributed by atoms with Gasteiger partial charge in [0, 0.05) is 0 Å². The van der Waals surface area contributed by atoms with Gasteiger partial charge in [-0.2, -0.15) is 0 Å². The number of unbranched alkanes of at least 4 members (excludes halogenated alkanes) is 16. The quantitative estimate of drug-likeness (QED) is 0.164. The van der Waals surface area contributed by atoms with Crippen molar-refractivity contribution in [2.24, 2.45) is 5.92 Å². The molecule has 23 heavy (non-hydrogen) atoms. The van der Waals surface area contributed by atoms with E-state index in [4.69, 9.17) is 0 Å². The fourth-order valence-electron chi connectivity index (χ4n) is 3.32. The Balaban J connectivity index is 2.96. The Hall–Kier alpha value is -0.260. The van der Waals surface area contributed by atoms with Crippen molar-refractivity contribution in [1.82, 2.24) is 0 Å². The number of hydrogen-bond donors (Lipinski definition) is 0. The third-order valence-electron chi connectivity index (χ3n) is 4.94. The van der Waals surface area contributed by atoms with Crippen molar-refractivity contribution in [1.29, 1.82) is 0 Å². The minimum Gasteiger partial charge on any atom is -0.103 e. The van der Waals surface area contributed by atoms with E-state index in [1.54, 1.807) is 0 Å². The van der Waals surface area contributed by atoms with Crippen molar-refractivity contribution >= 4 is 0 Å². The van der Waals surface area contributed by atoms with E-state index in [1.807, 2.05) is 6.08 Å². The van der Waals surface area contributed by atoms with Gasteiger partial charge in [0.05, 0.1) is 0 Å². The van der Waals surface area contributed by atoms with Crippen molar-refractivity contribution < 1.29 is 0 Å². The minimum absolute atomic E-state index is 0.896. The van der Waals surface area contributed by atoms with Crippen LogP contribution in [0.15, 0.2) is 12.7 Å². The third kappa shape index (κ3) is 21.7. The van der Waals surface area contributed by atoms with Crippen LogP contribution in [-0.4, -0.2) is 0 Å². The Morgan fingerprint density at radius 3 is 1.13 bits per heavy atom. The summed E-state index contributed by atoms with van der Waals surface area (Å²) in [5.41, 5.74) is 0. The van der Waals surface area contributed by atoms with Gasteiger partial charge in [-0.05, 0) is 18.8 Å². The van der Waals surface area contributed by atoms with Gasteiger partial charge in [-0.25, -0.2) is 0 Å². The fraction of sp³-hybridized carbons (Fsp3) is 0.913. The molecular formula is C23H46. The largest absolute Gasteiger partial charge is 0.103 e. The molecule has 0 spiro atoms. The third-order valence-corrected chi connectivity index (χ3v) is 4.94. The zero-order chi connectivity index (χ0) is 17.0.